The van der Waals surface area contributed by atoms with Crippen molar-refractivity contribution in [1.29, 1.82) is 0 Å². The summed E-state index contributed by atoms with van der Waals surface area (Å²) in [7, 11) is 0. The Balaban J connectivity index is 2.42. The van der Waals surface area contributed by atoms with Crippen LogP contribution in [-0.4, -0.2) is 0 Å². The molecular weight excluding hydrogens is 282 g/mol. The average Bonchev–Trinajstić information content (AvgIpc) is 2.66. The van der Waals surface area contributed by atoms with Crippen molar-refractivity contribution in [3.8, 4) is 10.4 Å². The van der Waals surface area contributed by atoms with E-state index in [0.29, 0.717) is 0 Å². The van der Waals surface area contributed by atoms with Crippen LogP contribution in [0.15, 0.2) is 34.1 Å². The highest BCUT2D eigenvalue weighted by molar-refractivity contribution is 9.10. The van der Waals surface area contributed by atoms with Crippen LogP contribution >= 0.6 is 27.3 Å². The molecular formula is C13H14BrNS. The second kappa shape index (κ2) is 4.70. The molecule has 3 heteroatoms. The Morgan fingerprint density at radius 3 is 2.62 bits per heavy atom. The Morgan fingerprint density at radius 1 is 1.31 bits per heavy atom. The fourth-order valence-corrected chi connectivity index (χ4v) is 3.22. The highest BCUT2D eigenvalue weighted by atomic mass is 79.9. The SMILES string of the molecule is Cc1cc(Br)ccc1-c1cc(C(C)N)cs1. The van der Waals surface area contributed by atoms with Gasteiger partial charge in [-0.25, -0.2) is 0 Å². The molecule has 0 radical (unpaired) electrons. The predicted octanol–water partition coefficient (Wildman–Crippen LogP) is 4.51. The van der Waals surface area contributed by atoms with Crippen molar-refractivity contribution in [2.24, 2.45) is 5.73 Å². The fourth-order valence-electron chi connectivity index (χ4n) is 1.63. The van der Waals surface area contributed by atoms with Gasteiger partial charge in [0.25, 0.3) is 0 Å². The second-order valence-corrected chi connectivity index (χ2v) is 5.82. The maximum atomic E-state index is 5.87. The van der Waals surface area contributed by atoms with Crippen LogP contribution in [0, 0.1) is 6.92 Å². The largest absolute Gasteiger partial charge is 0.324 e. The Morgan fingerprint density at radius 2 is 2.06 bits per heavy atom. The van der Waals surface area contributed by atoms with Crippen LogP contribution in [0.3, 0.4) is 0 Å². The molecule has 0 amide bonds. The molecule has 0 saturated carbocycles. The van der Waals surface area contributed by atoms with Crippen molar-refractivity contribution in [3.63, 3.8) is 0 Å². The first kappa shape index (κ1) is 11.8. The van der Waals surface area contributed by atoms with Gasteiger partial charge in [0.1, 0.15) is 0 Å². The summed E-state index contributed by atoms with van der Waals surface area (Å²) in [5, 5.41) is 2.14. The zero-order valence-corrected chi connectivity index (χ0v) is 11.7. The summed E-state index contributed by atoms with van der Waals surface area (Å²) in [5.41, 5.74) is 9.65. The van der Waals surface area contributed by atoms with Crippen molar-refractivity contribution in [2.45, 2.75) is 19.9 Å². The molecule has 0 fully saturated rings. The van der Waals surface area contributed by atoms with Crippen LogP contribution in [0.4, 0.5) is 0 Å². The van der Waals surface area contributed by atoms with Crippen LogP contribution in [-0.2, 0) is 0 Å². The number of hydrogen-bond donors (Lipinski definition) is 1. The summed E-state index contributed by atoms with van der Waals surface area (Å²) in [6, 6.07) is 8.66. The van der Waals surface area contributed by atoms with Crippen LogP contribution in [0.2, 0.25) is 0 Å². The number of benzene rings is 1. The van der Waals surface area contributed by atoms with Crippen molar-refractivity contribution >= 4 is 27.3 Å². The number of nitrogens with two attached hydrogens (primary N) is 1. The van der Waals surface area contributed by atoms with Gasteiger partial charge in [0.2, 0.25) is 0 Å². The van der Waals surface area contributed by atoms with Gasteiger partial charge < -0.3 is 5.73 Å². The molecule has 0 bridgehead atoms. The lowest BCUT2D eigenvalue weighted by Crippen LogP contribution is -2.02. The average molecular weight is 296 g/mol. The molecule has 1 aromatic carbocycles. The minimum Gasteiger partial charge on any atom is -0.324 e. The molecule has 2 N–H and O–H groups in total. The van der Waals surface area contributed by atoms with E-state index >= 15 is 0 Å². The van der Waals surface area contributed by atoms with Crippen LogP contribution in [0.1, 0.15) is 24.1 Å². The van der Waals surface area contributed by atoms with Crippen LogP contribution in [0.25, 0.3) is 10.4 Å². The third-order valence-corrected chi connectivity index (χ3v) is 4.07. The topological polar surface area (TPSA) is 26.0 Å². The van der Waals surface area contributed by atoms with Gasteiger partial charge in [0.15, 0.2) is 0 Å². The van der Waals surface area contributed by atoms with Crippen LogP contribution in [0.5, 0.6) is 0 Å². The predicted molar refractivity (Wildman–Crippen MR) is 74.8 cm³/mol. The normalized spacial score (nSPS) is 12.8. The number of aryl methyl sites for hydroxylation is 1. The first-order valence-electron chi connectivity index (χ1n) is 5.18. The van der Waals surface area contributed by atoms with E-state index in [1.54, 1.807) is 11.3 Å². The molecule has 0 aliphatic rings. The number of rotatable bonds is 2. The maximum absolute atomic E-state index is 5.87. The lowest BCUT2D eigenvalue weighted by atomic mass is 10.1. The molecule has 1 atom stereocenters. The van der Waals surface area contributed by atoms with Gasteiger partial charge in [0.05, 0.1) is 0 Å². The lowest BCUT2D eigenvalue weighted by molar-refractivity contribution is 0.823. The molecule has 1 nitrogen and oxygen atoms in total. The fraction of sp³-hybridized carbons (Fsp3) is 0.231. The molecule has 2 rings (SSSR count). The van der Waals surface area contributed by atoms with Gasteiger partial charge in [-0.2, -0.15) is 0 Å². The monoisotopic (exact) mass is 295 g/mol. The summed E-state index contributed by atoms with van der Waals surface area (Å²) < 4.78 is 1.12. The minimum absolute atomic E-state index is 0.112. The summed E-state index contributed by atoms with van der Waals surface area (Å²) in [5.74, 6) is 0. The van der Waals surface area contributed by atoms with Crippen molar-refractivity contribution in [3.05, 3.63) is 45.2 Å². The van der Waals surface area contributed by atoms with Crippen molar-refractivity contribution in [1.82, 2.24) is 0 Å². The van der Waals surface area contributed by atoms with E-state index in [4.69, 9.17) is 5.73 Å². The minimum atomic E-state index is 0.112. The van der Waals surface area contributed by atoms with E-state index in [2.05, 4.69) is 52.5 Å². The number of hydrogen-bond acceptors (Lipinski definition) is 2. The highest BCUT2D eigenvalue weighted by Crippen LogP contribution is 2.32. The Hall–Kier alpha value is -0.640. The Kier molecular flexibility index (Phi) is 3.47. The molecule has 1 heterocycles. The molecule has 2 aromatic rings. The van der Waals surface area contributed by atoms with E-state index in [0.717, 1.165) is 4.47 Å². The number of halogens is 1. The smallest absolute Gasteiger partial charge is 0.0348 e. The van der Waals surface area contributed by atoms with Gasteiger partial charge in [-0.1, -0.05) is 22.0 Å². The summed E-state index contributed by atoms with van der Waals surface area (Å²) in [6.45, 7) is 4.14. The van der Waals surface area contributed by atoms with Gasteiger partial charge >= 0.3 is 0 Å². The Bertz CT molecular complexity index is 502. The number of thiophene rings is 1. The van der Waals surface area contributed by atoms with E-state index in [1.165, 1.54) is 21.6 Å². The zero-order chi connectivity index (χ0) is 11.7. The van der Waals surface area contributed by atoms with Crippen molar-refractivity contribution in [2.75, 3.05) is 0 Å². The molecule has 0 aliphatic heterocycles. The van der Waals surface area contributed by atoms with E-state index in [9.17, 15) is 0 Å². The van der Waals surface area contributed by atoms with E-state index < -0.39 is 0 Å². The molecule has 84 valence electrons. The summed E-state index contributed by atoms with van der Waals surface area (Å²) >= 11 is 5.24. The zero-order valence-electron chi connectivity index (χ0n) is 9.33. The first-order chi connectivity index (χ1) is 7.58. The quantitative estimate of drug-likeness (QED) is 0.867. The molecule has 0 aliphatic carbocycles. The van der Waals surface area contributed by atoms with Crippen LogP contribution < -0.4 is 5.73 Å². The van der Waals surface area contributed by atoms with Gasteiger partial charge in [0, 0.05) is 15.4 Å². The summed E-state index contributed by atoms with van der Waals surface area (Å²) in [4.78, 5) is 1.29. The third-order valence-electron chi connectivity index (χ3n) is 2.60. The van der Waals surface area contributed by atoms with Gasteiger partial charge in [-0.05, 0) is 54.1 Å². The first-order valence-corrected chi connectivity index (χ1v) is 6.85. The van der Waals surface area contributed by atoms with Gasteiger partial charge in [-0.15, -0.1) is 11.3 Å². The summed E-state index contributed by atoms with van der Waals surface area (Å²) in [6.07, 6.45) is 0. The Labute approximate surface area is 108 Å². The molecule has 0 saturated heterocycles. The molecule has 0 spiro atoms. The maximum Gasteiger partial charge on any atom is 0.0348 e. The lowest BCUT2D eigenvalue weighted by Gasteiger charge is -2.03. The standard InChI is InChI=1S/C13H14BrNS/c1-8-5-11(14)3-4-12(8)13-6-10(7-16-13)9(2)15/h3-7,9H,15H2,1-2H3. The van der Waals surface area contributed by atoms with Gasteiger partial charge in [-0.3, -0.25) is 0 Å². The molecule has 16 heavy (non-hydrogen) atoms. The third kappa shape index (κ3) is 2.37. The molecule has 1 aromatic heterocycles. The highest BCUT2D eigenvalue weighted by Gasteiger charge is 2.07. The van der Waals surface area contributed by atoms with E-state index in [-0.39, 0.29) is 6.04 Å². The van der Waals surface area contributed by atoms with Crippen molar-refractivity contribution < 1.29 is 0 Å². The van der Waals surface area contributed by atoms with E-state index in [1.807, 2.05) is 6.92 Å². The second-order valence-electron chi connectivity index (χ2n) is 3.99. The molecule has 1 unspecified atom stereocenters.